The van der Waals surface area contributed by atoms with Gasteiger partial charge in [-0.2, -0.15) is 0 Å². The van der Waals surface area contributed by atoms with Crippen molar-refractivity contribution < 1.29 is 4.79 Å². The third kappa shape index (κ3) is 9.35. The van der Waals surface area contributed by atoms with Crippen molar-refractivity contribution in [2.75, 3.05) is 5.88 Å². The maximum absolute atomic E-state index is 11.1. The number of hydrogen-bond donors (Lipinski definition) is 0. The van der Waals surface area contributed by atoms with Gasteiger partial charge in [-0.05, 0) is 25.8 Å². The van der Waals surface area contributed by atoms with Crippen LogP contribution < -0.4 is 0 Å². The van der Waals surface area contributed by atoms with Crippen molar-refractivity contribution in [1.29, 1.82) is 0 Å². The summed E-state index contributed by atoms with van der Waals surface area (Å²) in [5.41, 5.74) is 0. The summed E-state index contributed by atoms with van der Waals surface area (Å²) in [7, 11) is 0. The van der Waals surface area contributed by atoms with Crippen molar-refractivity contribution in [2.24, 2.45) is 0 Å². The van der Waals surface area contributed by atoms with E-state index in [2.05, 4.69) is 0 Å². The first-order valence-corrected chi connectivity index (χ1v) is 5.23. The van der Waals surface area contributed by atoms with E-state index in [0.29, 0.717) is 12.3 Å². The molecule has 0 N–H and O–H groups in total. The van der Waals surface area contributed by atoms with E-state index in [9.17, 15) is 4.79 Å². The molecular weight excluding hydrogens is 184 g/mol. The zero-order chi connectivity index (χ0) is 9.94. The Balaban J connectivity index is 3.40. The molecule has 0 rings (SSSR count). The summed E-state index contributed by atoms with van der Waals surface area (Å²) in [5, 5.41) is 0. The van der Waals surface area contributed by atoms with Gasteiger partial charge in [0.05, 0.1) is 0 Å². The SMILES string of the molecule is C/C=C/C=C/C(=O)CCCCCCl. The lowest BCUT2D eigenvalue weighted by atomic mass is 10.1. The van der Waals surface area contributed by atoms with Gasteiger partial charge >= 0.3 is 0 Å². The minimum absolute atomic E-state index is 0.202. The van der Waals surface area contributed by atoms with Crippen molar-refractivity contribution >= 4 is 17.4 Å². The summed E-state index contributed by atoms with van der Waals surface area (Å²) < 4.78 is 0. The first kappa shape index (κ1) is 12.4. The second-order valence-electron chi connectivity index (χ2n) is 2.85. The van der Waals surface area contributed by atoms with E-state index in [1.54, 1.807) is 12.2 Å². The molecule has 13 heavy (non-hydrogen) atoms. The number of hydrogen-bond acceptors (Lipinski definition) is 1. The fourth-order valence-corrected chi connectivity index (χ4v) is 1.12. The molecule has 0 bridgehead atoms. The van der Waals surface area contributed by atoms with Crippen LogP contribution in [-0.2, 0) is 4.79 Å². The Morgan fingerprint density at radius 2 is 2.00 bits per heavy atom. The van der Waals surface area contributed by atoms with E-state index in [1.807, 2.05) is 19.1 Å². The number of carbonyl (C=O) groups is 1. The lowest BCUT2D eigenvalue weighted by Gasteiger charge is -1.94. The predicted octanol–water partition coefficient (Wildman–Crippen LogP) is 3.49. The quantitative estimate of drug-likeness (QED) is 0.266. The van der Waals surface area contributed by atoms with Crippen molar-refractivity contribution in [3.05, 3.63) is 24.3 Å². The maximum atomic E-state index is 11.1. The molecule has 0 fully saturated rings. The van der Waals surface area contributed by atoms with Crippen LogP contribution in [0.25, 0.3) is 0 Å². The minimum Gasteiger partial charge on any atom is -0.295 e. The fourth-order valence-electron chi connectivity index (χ4n) is 0.928. The summed E-state index contributed by atoms with van der Waals surface area (Å²) >= 11 is 5.51. The lowest BCUT2D eigenvalue weighted by Crippen LogP contribution is -1.92. The summed E-state index contributed by atoms with van der Waals surface area (Å²) in [4.78, 5) is 11.1. The molecule has 0 saturated carbocycles. The van der Waals surface area contributed by atoms with E-state index < -0.39 is 0 Å². The zero-order valence-electron chi connectivity index (χ0n) is 8.13. The highest BCUT2D eigenvalue weighted by Crippen LogP contribution is 2.02. The number of unbranched alkanes of at least 4 members (excludes halogenated alkanes) is 2. The monoisotopic (exact) mass is 200 g/mol. The Bertz CT molecular complexity index is 183. The summed E-state index contributed by atoms with van der Waals surface area (Å²) in [6.07, 6.45) is 10.8. The standard InChI is InChI=1S/C11H17ClO/c1-2-3-5-8-11(13)9-6-4-7-10-12/h2-3,5,8H,4,6-7,9-10H2,1H3/b3-2+,8-5+. The van der Waals surface area contributed by atoms with Crippen molar-refractivity contribution in [1.82, 2.24) is 0 Å². The third-order valence-corrected chi connectivity index (χ3v) is 1.91. The van der Waals surface area contributed by atoms with Gasteiger partial charge < -0.3 is 0 Å². The number of carbonyl (C=O) groups excluding carboxylic acids is 1. The Morgan fingerprint density at radius 1 is 1.23 bits per heavy atom. The maximum Gasteiger partial charge on any atom is 0.155 e. The van der Waals surface area contributed by atoms with Crippen LogP contribution in [0.15, 0.2) is 24.3 Å². The number of allylic oxidation sites excluding steroid dienone is 4. The van der Waals surface area contributed by atoms with Crippen LogP contribution in [0, 0.1) is 0 Å². The normalized spacial score (nSPS) is 11.5. The largest absolute Gasteiger partial charge is 0.295 e. The van der Waals surface area contributed by atoms with Crippen LogP contribution in [0.4, 0.5) is 0 Å². The smallest absolute Gasteiger partial charge is 0.155 e. The number of alkyl halides is 1. The molecule has 0 spiro atoms. The molecule has 0 saturated heterocycles. The Labute approximate surface area is 85.5 Å². The molecule has 0 aromatic carbocycles. The molecule has 74 valence electrons. The van der Waals surface area contributed by atoms with Gasteiger partial charge in [-0.25, -0.2) is 0 Å². The van der Waals surface area contributed by atoms with Gasteiger partial charge in [-0.1, -0.05) is 24.6 Å². The van der Waals surface area contributed by atoms with Gasteiger partial charge in [0.15, 0.2) is 5.78 Å². The third-order valence-electron chi connectivity index (χ3n) is 1.64. The zero-order valence-corrected chi connectivity index (χ0v) is 8.89. The molecule has 0 aliphatic carbocycles. The molecule has 0 aromatic rings. The second kappa shape index (κ2) is 9.53. The second-order valence-corrected chi connectivity index (χ2v) is 3.23. The molecule has 0 aliphatic heterocycles. The van der Waals surface area contributed by atoms with Gasteiger partial charge in [0.1, 0.15) is 0 Å². The summed E-state index contributed by atoms with van der Waals surface area (Å²) in [6.45, 7) is 1.93. The molecule has 0 aromatic heterocycles. The fraction of sp³-hybridized carbons (Fsp3) is 0.545. The Hall–Kier alpha value is -0.560. The molecule has 0 atom stereocenters. The molecule has 0 unspecified atom stereocenters. The minimum atomic E-state index is 0.202. The molecule has 2 heteroatoms. The van der Waals surface area contributed by atoms with Gasteiger partial charge in [-0.15, -0.1) is 11.6 Å². The average molecular weight is 201 g/mol. The van der Waals surface area contributed by atoms with Crippen LogP contribution in [-0.4, -0.2) is 11.7 Å². The topological polar surface area (TPSA) is 17.1 Å². The average Bonchev–Trinajstić information content (AvgIpc) is 2.13. The van der Waals surface area contributed by atoms with E-state index in [4.69, 9.17) is 11.6 Å². The number of ketones is 1. The van der Waals surface area contributed by atoms with Crippen LogP contribution in [0.3, 0.4) is 0 Å². The van der Waals surface area contributed by atoms with E-state index in [-0.39, 0.29) is 5.78 Å². The highest BCUT2D eigenvalue weighted by atomic mass is 35.5. The van der Waals surface area contributed by atoms with Gasteiger partial charge in [0, 0.05) is 12.3 Å². The molecular formula is C11H17ClO. The number of rotatable bonds is 7. The molecule has 0 aliphatic rings. The van der Waals surface area contributed by atoms with E-state index >= 15 is 0 Å². The molecule has 0 heterocycles. The highest BCUT2D eigenvalue weighted by molar-refractivity contribution is 6.17. The molecule has 0 radical (unpaired) electrons. The molecule has 0 amide bonds. The highest BCUT2D eigenvalue weighted by Gasteiger charge is 1.95. The Morgan fingerprint density at radius 3 is 2.62 bits per heavy atom. The van der Waals surface area contributed by atoms with Gasteiger partial charge in [0.2, 0.25) is 0 Å². The van der Waals surface area contributed by atoms with E-state index in [1.165, 1.54) is 0 Å². The van der Waals surface area contributed by atoms with Crippen LogP contribution in [0.5, 0.6) is 0 Å². The molecule has 1 nitrogen and oxygen atoms in total. The summed E-state index contributed by atoms with van der Waals surface area (Å²) in [5.74, 6) is 0.899. The van der Waals surface area contributed by atoms with Crippen molar-refractivity contribution in [2.45, 2.75) is 32.6 Å². The first-order chi connectivity index (χ1) is 6.31. The van der Waals surface area contributed by atoms with Crippen LogP contribution >= 0.6 is 11.6 Å². The lowest BCUT2D eigenvalue weighted by molar-refractivity contribution is -0.114. The first-order valence-electron chi connectivity index (χ1n) is 4.69. The Kier molecular flexibility index (Phi) is 9.12. The number of halogens is 1. The summed E-state index contributed by atoms with van der Waals surface area (Å²) in [6, 6.07) is 0. The van der Waals surface area contributed by atoms with Crippen molar-refractivity contribution in [3.8, 4) is 0 Å². The van der Waals surface area contributed by atoms with Crippen molar-refractivity contribution in [3.63, 3.8) is 0 Å². The van der Waals surface area contributed by atoms with Gasteiger partial charge in [0.25, 0.3) is 0 Å². The van der Waals surface area contributed by atoms with Crippen LogP contribution in [0.2, 0.25) is 0 Å². The van der Waals surface area contributed by atoms with Gasteiger partial charge in [-0.3, -0.25) is 4.79 Å². The van der Waals surface area contributed by atoms with E-state index in [0.717, 1.165) is 19.3 Å². The van der Waals surface area contributed by atoms with Crippen LogP contribution in [0.1, 0.15) is 32.6 Å². The predicted molar refractivity (Wildman–Crippen MR) is 58.1 cm³/mol.